The maximum atomic E-state index is 13.5. The Kier molecular flexibility index (Phi) is 8.38. The van der Waals surface area contributed by atoms with Crippen molar-refractivity contribution in [2.75, 3.05) is 11.6 Å². The molecule has 4 aromatic rings. The van der Waals surface area contributed by atoms with Crippen LogP contribution in [0.5, 0.6) is 5.75 Å². The van der Waals surface area contributed by atoms with Gasteiger partial charge in [0.15, 0.2) is 12.4 Å². The van der Waals surface area contributed by atoms with Crippen LogP contribution in [-0.4, -0.2) is 24.1 Å². The lowest BCUT2D eigenvalue weighted by molar-refractivity contribution is -0.123. The number of hydrogen-bond donors (Lipinski definition) is 2. The number of carbonyl (C=O) groups is 2. The predicted octanol–water partition coefficient (Wildman–Crippen LogP) is 6.61. The predicted molar refractivity (Wildman–Crippen MR) is 156 cm³/mol. The van der Waals surface area contributed by atoms with E-state index < -0.39 is 11.8 Å². The molecule has 2 N–H and O–H groups in total. The number of para-hydroxylation sites is 2. The monoisotopic (exact) mass is 576 g/mol. The quantitative estimate of drug-likeness (QED) is 0.230. The van der Waals surface area contributed by atoms with Crippen LogP contribution in [0.3, 0.4) is 0 Å². The van der Waals surface area contributed by atoms with E-state index in [1.165, 1.54) is 6.07 Å². The number of halogens is 2. The number of carbonyl (C=O) groups excluding carboxylic acids is 2. The molecule has 0 bridgehead atoms. The van der Waals surface area contributed by atoms with Crippen molar-refractivity contribution in [1.29, 1.82) is 0 Å². The lowest BCUT2D eigenvalue weighted by atomic mass is 9.93. The molecule has 1 aliphatic carbocycles. The molecule has 1 heterocycles. The van der Waals surface area contributed by atoms with Crippen LogP contribution in [0.25, 0.3) is 0 Å². The molecule has 10 heteroatoms. The largest absolute Gasteiger partial charge is 0.482 e. The molecule has 1 aromatic heterocycles. The van der Waals surface area contributed by atoms with Gasteiger partial charge >= 0.3 is 5.91 Å². The maximum absolute atomic E-state index is 13.5. The zero-order valence-corrected chi connectivity index (χ0v) is 23.1. The van der Waals surface area contributed by atoms with E-state index in [9.17, 15) is 9.59 Å². The lowest BCUT2D eigenvalue weighted by Crippen LogP contribution is -2.39. The molecule has 0 saturated carbocycles. The smallest absolute Gasteiger partial charge is 0.306 e. The van der Waals surface area contributed by atoms with Gasteiger partial charge in [-0.3, -0.25) is 20.0 Å². The number of aryl methyl sites for hydroxylation is 1. The summed E-state index contributed by atoms with van der Waals surface area (Å²) in [5.41, 5.74) is 9.14. The van der Waals surface area contributed by atoms with Crippen LogP contribution < -0.4 is 20.6 Å². The number of hydrazone groups is 1. The van der Waals surface area contributed by atoms with Crippen LogP contribution in [-0.2, 0) is 11.2 Å². The van der Waals surface area contributed by atoms with Crippen LogP contribution in [0.1, 0.15) is 40.3 Å². The Balaban J connectivity index is 1.32. The van der Waals surface area contributed by atoms with Gasteiger partial charge in [-0.1, -0.05) is 59.6 Å². The second-order valence-corrected chi connectivity index (χ2v) is 9.96. The summed E-state index contributed by atoms with van der Waals surface area (Å²) in [7, 11) is 0. The van der Waals surface area contributed by atoms with Gasteiger partial charge in [-0.05, 0) is 62.2 Å². The number of fused-ring (bicyclic) bond motifs is 1. The van der Waals surface area contributed by atoms with E-state index in [0.29, 0.717) is 45.7 Å². The van der Waals surface area contributed by atoms with Crippen molar-refractivity contribution in [2.24, 2.45) is 5.10 Å². The molecule has 0 unspecified atom stereocenters. The molecule has 8 nitrogen and oxygen atoms in total. The lowest BCUT2D eigenvalue weighted by Gasteiger charge is -2.25. The zero-order chi connectivity index (χ0) is 28.1. The van der Waals surface area contributed by atoms with Gasteiger partial charge in [0, 0.05) is 22.6 Å². The van der Waals surface area contributed by atoms with Crippen LogP contribution in [0.2, 0.25) is 10.0 Å². The van der Waals surface area contributed by atoms with Crippen molar-refractivity contribution in [3.63, 3.8) is 0 Å². The second-order valence-electron chi connectivity index (χ2n) is 9.11. The first-order valence-electron chi connectivity index (χ1n) is 12.7. The molecular weight excluding hydrogens is 551 g/mol. The number of ether oxygens (including phenoxy) is 1. The third-order valence-electron chi connectivity index (χ3n) is 6.34. The third-order valence-corrected chi connectivity index (χ3v) is 6.87. The number of furan rings is 1. The molecular formula is C30H26Cl2N4O4. The van der Waals surface area contributed by atoms with Gasteiger partial charge in [-0.25, -0.2) is 5.43 Å². The molecule has 5 rings (SSSR count). The fraction of sp³-hybridized carbons (Fsp3) is 0.167. The molecule has 1 aliphatic rings. The van der Waals surface area contributed by atoms with Crippen LogP contribution >= 0.6 is 23.2 Å². The molecule has 0 radical (unpaired) electrons. The van der Waals surface area contributed by atoms with Crippen molar-refractivity contribution >= 4 is 52.1 Å². The second kappa shape index (κ2) is 12.3. The van der Waals surface area contributed by atoms with Gasteiger partial charge in [0.05, 0.1) is 22.1 Å². The summed E-state index contributed by atoms with van der Waals surface area (Å²) in [6.45, 7) is 1.54. The van der Waals surface area contributed by atoms with Crippen molar-refractivity contribution in [2.45, 2.75) is 26.2 Å². The summed E-state index contributed by atoms with van der Waals surface area (Å²) in [5.74, 6) is 0.359. The summed E-state index contributed by atoms with van der Waals surface area (Å²) in [4.78, 5) is 25.9. The van der Waals surface area contributed by atoms with Crippen LogP contribution in [0, 0.1) is 6.92 Å². The van der Waals surface area contributed by atoms with Crippen molar-refractivity contribution in [1.82, 2.24) is 10.9 Å². The minimum absolute atomic E-state index is 0.198. The molecule has 3 aromatic carbocycles. The Hall–Kier alpha value is -4.27. The standard InChI is InChI=1S/C30H26Cl2N4O4/c1-19-28-24(33-34-27(37)18-39-25-16-15-20(31)17-23(25)32)13-8-14-26(28)40-29(19)30(38)35-36(21-9-4-2-5-10-21)22-11-6-3-7-12-22/h2-7,9-12,15-17H,8,13-14,18H2,1H3,(H,34,37)(H,35,38)/b33-24+. The summed E-state index contributed by atoms with van der Waals surface area (Å²) < 4.78 is 11.5. The first-order chi connectivity index (χ1) is 19.4. The number of hydrazine groups is 1. The van der Waals surface area contributed by atoms with Gasteiger partial charge in [-0.2, -0.15) is 5.10 Å². The number of benzene rings is 3. The third kappa shape index (κ3) is 6.14. The maximum Gasteiger partial charge on any atom is 0.306 e. The first-order valence-corrected chi connectivity index (χ1v) is 13.4. The molecule has 204 valence electrons. The highest BCUT2D eigenvalue weighted by Crippen LogP contribution is 2.31. The van der Waals surface area contributed by atoms with Gasteiger partial charge in [-0.15, -0.1) is 0 Å². The highest BCUT2D eigenvalue weighted by molar-refractivity contribution is 6.35. The van der Waals surface area contributed by atoms with Crippen LogP contribution in [0.4, 0.5) is 11.4 Å². The average molecular weight is 577 g/mol. The summed E-state index contributed by atoms with van der Waals surface area (Å²) in [5, 5.41) is 6.83. The summed E-state index contributed by atoms with van der Waals surface area (Å²) in [6, 6.07) is 23.8. The Bertz CT molecular complexity index is 1520. The first kappa shape index (κ1) is 27.3. The summed E-state index contributed by atoms with van der Waals surface area (Å²) >= 11 is 12.0. The number of amides is 2. The Morgan fingerprint density at radius 3 is 2.30 bits per heavy atom. The molecule has 0 saturated heterocycles. The van der Waals surface area contributed by atoms with Gasteiger partial charge in [0.1, 0.15) is 11.5 Å². The SMILES string of the molecule is Cc1c(C(=O)NN(c2ccccc2)c2ccccc2)oc2c1/C(=N/NC(=O)COc1ccc(Cl)cc1Cl)CCC2. The molecule has 40 heavy (non-hydrogen) atoms. The number of anilines is 2. The van der Waals surface area contributed by atoms with E-state index >= 15 is 0 Å². The topological polar surface area (TPSA) is 96.2 Å². The van der Waals surface area contributed by atoms with E-state index in [0.717, 1.165) is 23.4 Å². The average Bonchev–Trinajstić information content (AvgIpc) is 3.32. The molecule has 2 amide bonds. The number of rotatable bonds is 8. The van der Waals surface area contributed by atoms with Crippen molar-refractivity contribution in [3.05, 3.63) is 112 Å². The Labute approximate surface area is 241 Å². The van der Waals surface area contributed by atoms with E-state index in [1.807, 2.05) is 67.6 Å². The van der Waals surface area contributed by atoms with Gasteiger partial charge < -0.3 is 9.15 Å². The zero-order valence-electron chi connectivity index (χ0n) is 21.6. The normalized spacial score (nSPS) is 13.4. The fourth-order valence-electron chi connectivity index (χ4n) is 4.48. The van der Waals surface area contributed by atoms with E-state index in [4.69, 9.17) is 32.4 Å². The highest BCUT2D eigenvalue weighted by atomic mass is 35.5. The van der Waals surface area contributed by atoms with Crippen molar-refractivity contribution < 1.29 is 18.7 Å². The molecule has 0 atom stereocenters. The van der Waals surface area contributed by atoms with Crippen molar-refractivity contribution in [3.8, 4) is 5.75 Å². The number of nitrogens with one attached hydrogen (secondary N) is 2. The van der Waals surface area contributed by atoms with E-state index in [2.05, 4.69) is 16.0 Å². The molecule has 0 fully saturated rings. The Morgan fingerprint density at radius 2 is 1.65 bits per heavy atom. The minimum atomic E-state index is -0.453. The number of nitrogens with zero attached hydrogens (tertiary/aromatic N) is 2. The van der Waals surface area contributed by atoms with Crippen LogP contribution in [0.15, 0.2) is 88.4 Å². The number of hydrogen-bond acceptors (Lipinski definition) is 6. The highest BCUT2D eigenvalue weighted by Gasteiger charge is 2.29. The van der Waals surface area contributed by atoms with E-state index in [1.54, 1.807) is 17.1 Å². The van der Waals surface area contributed by atoms with Gasteiger partial charge in [0.25, 0.3) is 5.91 Å². The van der Waals surface area contributed by atoms with Gasteiger partial charge in [0.2, 0.25) is 0 Å². The van der Waals surface area contributed by atoms with E-state index in [-0.39, 0.29) is 12.4 Å². The molecule has 0 spiro atoms. The minimum Gasteiger partial charge on any atom is -0.482 e. The Morgan fingerprint density at radius 1 is 0.975 bits per heavy atom. The fourth-order valence-corrected chi connectivity index (χ4v) is 4.94. The molecule has 0 aliphatic heterocycles. The summed E-state index contributed by atoms with van der Waals surface area (Å²) in [6.07, 6.45) is 2.06.